The second kappa shape index (κ2) is 5.66. The number of rotatable bonds is 4. The summed E-state index contributed by atoms with van der Waals surface area (Å²) in [6, 6.07) is 7.15. The zero-order valence-electron chi connectivity index (χ0n) is 8.49. The maximum absolute atomic E-state index is 11.2. The molecule has 0 fully saturated rings. The Kier molecular flexibility index (Phi) is 4.17. The van der Waals surface area contributed by atoms with Crippen LogP contribution in [0.4, 0.5) is 5.69 Å². The van der Waals surface area contributed by atoms with Gasteiger partial charge < -0.3 is 14.9 Å². The van der Waals surface area contributed by atoms with E-state index in [9.17, 15) is 4.79 Å². The van der Waals surface area contributed by atoms with E-state index in [1.54, 1.807) is 18.2 Å². The largest absolute Gasteiger partial charge is 0.492 e. The number of amides is 1. The van der Waals surface area contributed by atoms with Crippen molar-refractivity contribution in [1.82, 2.24) is 0 Å². The first kappa shape index (κ1) is 11.1. The van der Waals surface area contributed by atoms with Gasteiger partial charge in [-0.1, -0.05) is 12.1 Å². The van der Waals surface area contributed by atoms with Crippen molar-refractivity contribution in [2.75, 3.05) is 18.5 Å². The summed E-state index contributed by atoms with van der Waals surface area (Å²) in [5, 5.41) is 2.62. The molecule has 1 N–H and O–H groups in total. The number of carbonyl (C=O) groups is 1. The molecule has 0 aromatic heterocycles. The molecule has 4 heteroatoms. The first-order chi connectivity index (χ1) is 7.27. The lowest BCUT2D eigenvalue weighted by atomic mass is 10.3. The van der Waals surface area contributed by atoms with Crippen molar-refractivity contribution in [3.63, 3.8) is 0 Å². The third kappa shape index (κ3) is 3.31. The molecule has 0 saturated carbocycles. The van der Waals surface area contributed by atoms with E-state index in [1.165, 1.54) is 0 Å². The van der Waals surface area contributed by atoms with Crippen molar-refractivity contribution >= 4 is 11.6 Å². The van der Waals surface area contributed by atoms with Crippen molar-refractivity contribution in [3.05, 3.63) is 35.7 Å². The molecule has 0 saturated heterocycles. The number of nitrogens with one attached hydrogen (secondary N) is 1. The molecule has 0 aliphatic heterocycles. The second-order valence-electron chi connectivity index (χ2n) is 2.79. The Morgan fingerprint density at radius 3 is 2.93 bits per heavy atom. The van der Waals surface area contributed by atoms with Gasteiger partial charge in [0.1, 0.15) is 5.75 Å². The molecule has 0 aliphatic rings. The van der Waals surface area contributed by atoms with Gasteiger partial charge in [-0.2, -0.15) is 0 Å². The summed E-state index contributed by atoms with van der Waals surface area (Å²) in [7, 11) is 0. The summed E-state index contributed by atoms with van der Waals surface area (Å²) in [5.74, 6) is 0.301. The number of hydrogen-bond acceptors (Lipinski definition) is 2. The first-order valence-electron chi connectivity index (χ1n) is 4.62. The van der Waals surface area contributed by atoms with E-state index in [1.807, 2.05) is 13.0 Å². The molecule has 0 unspecified atom stereocenters. The Morgan fingerprint density at radius 2 is 2.27 bits per heavy atom. The molecule has 0 radical (unpaired) electrons. The molecule has 1 rings (SSSR count). The fraction of sp³-hybridized carbons (Fsp3) is 0.273. The van der Waals surface area contributed by atoms with E-state index in [2.05, 4.69) is 10.2 Å². The van der Waals surface area contributed by atoms with E-state index < -0.39 is 0 Å². The average molecular weight is 204 g/mol. The van der Waals surface area contributed by atoms with Crippen molar-refractivity contribution < 1.29 is 9.53 Å². The third-order valence-corrected chi connectivity index (χ3v) is 1.68. The molecule has 1 amide bonds. The van der Waals surface area contributed by atoms with Gasteiger partial charge in [-0.3, -0.25) is 4.79 Å². The van der Waals surface area contributed by atoms with Crippen LogP contribution < -0.4 is 10.1 Å². The average Bonchev–Trinajstić information content (AvgIpc) is 2.21. The summed E-state index contributed by atoms with van der Waals surface area (Å²) in [5.41, 5.74) is 0.605. The highest BCUT2D eigenvalue weighted by Gasteiger charge is 2.08. The maximum Gasteiger partial charge on any atom is 0.304 e. The van der Waals surface area contributed by atoms with Crippen molar-refractivity contribution in [2.24, 2.45) is 0 Å². The van der Waals surface area contributed by atoms with Crippen LogP contribution in [0.5, 0.6) is 5.75 Å². The van der Waals surface area contributed by atoms with E-state index in [0.717, 1.165) is 0 Å². The zero-order chi connectivity index (χ0) is 11.1. The van der Waals surface area contributed by atoms with Gasteiger partial charge >= 0.3 is 5.91 Å². The summed E-state index contributed by atoms with van der Waals surface area (Å²) in [6.45, 7) is 8.81. The van der Waals surface area contributed by atoms with Crippen LogP contribution in [0.3, 0.4) is 0 Å². The molecular weight excluding hydrogens is 192 g/mol. The lowest BCUT2D eigenvalue weighted by Crippen LogP contribution is -2.14. The second-order valence-corrected chi connectivity index (χ2v) is 2.79. The number of nitrogens with zero attached hydrogens (tertiary/aromatic N) is 1. The molecule has 78 valence electrons. The van der Waals surface area contributed by atoms with Crippen LogP contribution in [0.15, 0.2) is 24.3 Å². The quantitative estimate of drug-likeness (QED) is 0.761. The maximum atomic E-state index is 11.2. The van der Waals surface area contributed by atoms with Crippen LogP contribution in [0.2, 0.25) is 0 Å². The number of benzene rings is 1. The predicted octanol–water partition coefficient (Wildman–Crippen LogP) is 1.94. The highest BCUT2D eigenvalue weighted by atomic mass is 16.5. The van der Waals surface area contributed by atoms with Gasteiger partial charge in [0, 0.05) is 0 Å². The smallest absolute Gasteiger partial charge is 0.304 e. The molecule has 0 bridgehead atoms. The summed E-state index contributed by atoms with van der Waals surface area (Å²) in [6.07, 6.45) is 0. The summed E-state index contributed by atoms with van der Waals surface area (Å²) >= 11 is 0. The molecule has 4 nitrogen and oxygen atoms in total. The van der Waals surface area contributed by atoms with E-state index in [0.29, 0.717) is 18.0 Å². The predicted molar refractivity (Wildman–Crippen MR) is 57.7 cm³/mol. The van der Waals surface area contributed by atoms with Crippen LogP contribution >= 0.6 is 0 Å². The fourth-order valence-corrected chi connectivity index (χ4v) is 1.11. The summed E-state index contributed by atoms with van der Waals surface area (Å²) in [4.78, 5) is 14.2. The normalized spacial score (nSPS) is 9.07. The Bertz CT molecular complexity index is 382. The van der Waals surface area contributed by atoms with Crippen LogP contribution in [-0.2, 0) is 4.79 Å². The number of carbonyl (C=O) groups excluding carboxylic acids is 1. The molecule has 0 heterocycles. The third-order valence-electron chi connectivity index (χ3n) is 1.68. The summed E-state index contributed by atoms with van der Waals surface area (Å²) < 4.78 is 5.32. The molecule has 15 heavy (non-hydrogen) atoms. The SMILES string of the molecule is [C-]#[N+]CC(=O)Nc1ccccc1OCC. The van der Waals surface area contributed by atoms with Crippen LogP contribution in [-0.4, -0.2) is 19.1 Å². The Balaban J connectivity index is 2.75. The number of hydrogen-bond donors (Lipinski definition) is 1. The van der Waals surface area contributed by atoms with E-state index in [-0.39, 0.29) is 12.5 Å². The van der Waals surface area contributed by atoms with Crippen molar-refractivity contribution in [1.29, 1.82) is 0 Å². The molecule has 0 atom stereocenters. The van der Waals surface area contributed by atoms with Gasteiger partial charge in [-0.15, -0.1) is 0 Å². The lowest BCUT2D eigenvalue weighted by molar-refractivity contribution is -0.114. The van der Waals surface area contributed by atoms with Gasteiger partial charge in [-0.05, 0) is 19.1 Å². The van der Waals surface area contributed by atoms with E-state index >= 15 is 0 Å². The topological polar surface area (TPSA) is 42.7 Å². The highest BCUT2D eigenvalue weighted by Crippen LogP contribution is 2.23. The first-order valence-corrected chi connectivity index (χ1v) is 4.62. The molecule has 0 spiro atoms. The van der Waals surface area contributed by atoms with Gasteiger partial charge in [0.25, 0.3) is 6.54 Å². The lowest BCUT2D eigenvalue weighted by Gasteiger charge is -2.09. The van der Waals surface area contributed by atoms with Gasteiger partial charge in [0.15, 0.2) is 0 Å². The van der Waals surface area contributed by atoms with Crippen LogP contribution in [0.25, 0.3) is 4.85 Å². The molecular formula is C11H12N2O2. The van der Waals surface area contributed by atoms with Gasteiger partial charge in [-0.25, -0.2) is 6.57 Å². The highest BCUT2D eigenvalue weighted by molar-refractivity contribution is 5.94. The Hall–Kier alpha value is -2.02. The van der Waals surface area contributed by atoms with Crippen molar-refractivity contribution in [2.45, 2.75) is 6.92 Å². The molecule has 0 aliphatic carbocycles. The fourth-order valence-electron chi connectivity index (χ4n) is 1.11. The zero-order valence-corrected chi connectivity index (χ0v) is 8.49. The number of para-hydroxylation sites is 2. The van der Waals surface area contributed by atoms with Gasteiger partial charge in [0.2, 0.25) is 0 Å². The number of anilines is 1. The Morgan fingerprint density at radius 1 is 1.53 bits per heavy atom. The minimum Gasteiger partial charge on any atom is -0.492 e. The molecule has 1 aromatic carbocycles. The minimum atomic E-state index is -0.322. The molecule has 1 aromatic rings. The van der Waals surface area contributed by atoms with Gasteiger partial charge in [0.05, 0.1) is 12.3 Å². The standard InChI is InChI=1S/C11H12N2O2/c1-3-15-10-7-5-4-6-9(10)13-11(14)8-12-2/h4-7H,3,8H2,1H3,(H,13,14). The van der Waals surface area contributed by atoms with Crippen molar-refractivity contribution in [3.8, 4) is 5.75 Å². The van der Waals surface area contributed by atoms with Crippen LogP contribution in [0.1, 0.15) is 6.92 Å². The van der Waals surface area contributed by atoms with Crippen LogP contribution in [0, 0.1) is 6.57 Å². The minimum absolute atomic E-state index is 0.166. The monoisotopic (exact) mass is 204 g/mol. The number of ether oxygens (including phenoxy) is 1. The Labute approximate surface area is 88.7 Å². The van der Waals surface area contributed by atoms with E-state index in [4.69, 9.17) is 11.3 Å².